The summed E-state index contributed by atoms with van der Waals surface area (Å²) in [5.41, 5.74) is 5.13. The van der Waals surface area contributed by atoms with E-state index >= 15 is 0 Å². The quantitative estimate of drug-likeness (QED) is 0.284. The van der Waals surface area contributed by atoms with E-state index in [4.69, 9.17) is 0 Å². The molecule has 0 aliphatic heterocycles. The highest BCUT2D eigenvalue weighted by atomic mass is 16.3. The first-order valence-electron chi connectivity index (χ1n) is 12.7. The first-order chi connectivity index (χ1) is 17.0. The van der Waals surface area contributed by atoms with E-state index in [0.29, 0.717) is 11.4 Å². The Hall–Kier alpha value is -3.53. The first kappa shape index (κ1) is 22.0. The van der Waals surface area contributed by atoms with Crippen molar-refractivity contribution in [1.82, 2.24) is 0 Å². The van der Waals surface area contributed by atoms with Gasteiger partial charge in [-0.05, 0) is 121 Å². The van der Waals surface area contributed by atoms with Crippen molar-refractivity contribution < 1.29 is 15.0 Å². The average molecular weight is 466 g/mol. The third-order valence-electron chi connectivity index (χ3n) is 8.41. The molecule has 1 amide bonds. The predicted molar refractivity (Wildman–Crippen MR) is 139 cm³/mol. The SMILES string of the molecule is O=C(/C=C/c1ccc(-c2ccc(O)c(C34CC5CC(CC(C5)C3)C4)c2)cc1)Nc1ccc(O)cc1. The van der Waals surface area contributed by atoms with Crippen molar-refractivity contribution in [1.29, 1.82) is 0 Å². The molecule has 7 rings (SSSR count). The highest BCUT2D eigenvalue weighted by molar-refractivity contribution is 6.01. The fourth-order valence-corrected chi connectivity index (χ4v) is 7.27. The lowest BCUT2D eigenvalue weighted by Gasteiger charge is -2.57. The smallest absolute Gasteiger partial charge is 0.248 e. The second-order valence-corrected chi connectivity index (χ2v) is 10.9. The van der Waals surface area contributed by atoms with Gasteiger partial charge in [-0.1, -0.05) is 30.3 Å². The van der Waals surface area contributed by atoms with E-state index in [1.54, 1.807) is 18.2 Å². The van der Waals surface area contributed by atoms with Crippen LogP contribution in [-0.4, -0.2) is 16.1 Å². The lowest BCUT2D eigenvalue weighted by Crippen LogP contribution is -2.48. The second kappa shape index (κ2) is 8.60. The summed E-state index contributed by atoms with van der Waals surface area (Å²) in [7, 11) is 0. The normalized spacial score (nSPS) is 26.8. The fourth-order valence-electron chi connectivity index (χ4n) is 7.27. The Kier molecular flexibility index (Phi) is 5.40. The van der Waals surface area contributed by atoms with Gasteiger partial charge in [-0.2, -0.15) is 0 Å². The molecule has 3 aromatic carbocycles. The van der Waals surface area contributed by atoms with E-state index in [9.17, 15) is 15.0 Å². The van der Waals surface area contributed by atoms with Gasteiger partial charge in [0, 0.05) is 17.3 Å². The van der Waals surface area contributed by atoms with Gasteiger partial charge in [-0.25, -0.2) is 0 Å². The van der Waals surface area contributed by atoms with Gasteiger partial charge in [0.2, 0.25) is 5.91 Å². The summed E-state index contributed by atoms with van der Waals surface area (Å²) in [6.45, 7) is 0. The number of phenolic OH excluding ortho intramolecular Hbond substituents is 2. The minimum absolute atomic E-state index is 0.155. The summed E-state index contributed by atoms with van der Waals surface area (Å²) in [4.78, 5) is 12.2. The van der Waals surface area contributed by atoms with Crippen LogP contribution in [0.25, 0.3) is 17.2 Å². The molecule has 35 heavy (non-hydrogen) atoms. The van der Waals surface area contributed by atoms with E-state index in [1.807, 2.05) is 24.3 Å². The molecule has 3 aromatic rings. The summed E-state index contributed by atoms with van der Waals surface area (Å²) in [5.74, 6) is 2.90. The van der Waals surface area contributed by atoms with Crippen molar-refractivity contribution >= 4 is 17.7 Å². The third-order valence-corrected chi connectivity index (χ3v) is 8.41. The molecule has 0 aromatic heterocycles. The van der Waals surface area contributed by atoms with Crippen molar-refractivity contribution in [3.05, 3.63) is 83.9 Å². The summed E-state index contributed by atoms with van der Waals surface area (Å²) >= 11 is 0. The number of rotatable bonds is 5. The van der Waals surface area contributed by atoms with Crippen LogP contribution in [0.3, 0.4) is 0 Å². The second-order valence-electron chi connectivity index (χ2n) is 10.9. The zero-order valence-corrected chi connectivity index (χ0v) is 19.8. The molecule has 4 aliphatic rings. The van der Waals surface area contributed by atoms with Crippen LogP contribution in [-0.2, 0) is 10.2 Å². The number of anilines is 1. The number of amides is 1. The lowest BCUT2D eigenvalue weighted by atomic mass is 9.48. The van der Waals surface area contributed by atoms with Crippen LogP contribution in [0.1, 0.15) is 49.7 Å². The Balaban J connectivity index is 1.18. The summed E-state index contributed by atoms with van der Waals surface area (Å²) in [6, 6.07) is 20.7. The number of aromatic hydroxyl groups is 2. The van der Waals surface area contributed by atoms with Crippen LogP contribution in [0, 0.1) is 17.8 Å². The summed E-state index contributed by atoms with van der Waals surface area (Å²) in [6.07, 6.45) is 11.2. The summed E-state index contributed by atoms with van der Waals surface area (Å²) < 4.78 is 0. The minimum Gasteiger partial charge on any atom is -0.508 e. The minimum atomic E-state index is -0.224. The van der Waals surface area contributed by atoms with Gasteiger partial charge in [0.25, 0.3) is 0 Å². The molecule has 0 spiro atoms. The highest BCUT2D eigenvalue weighted by Crippen LogP contribution is 2.62. The molecule has 0 unspecified atom stereocenters. The van der Waals surface area contributed by atoms with Crippen LogP contribution < -0.4 is 5.32 Å². The van der Waals surface area contributed by atoms with Crippen molar-refractivity contribution in [2.24, 2.45) is 17.8 Å². The van der Waals surface area contributed by atoms with Crippen LogP contribution in [0.15, 0.2) is 72.8 Å². The number of hydrogen-bond donors (Lipinski definition) is 3. The Morgan fingerprint density at radius 1 is 0.800 bits per heavy atom. The van der Waals surface area contributed by atoms with Crippen LogP contribution in [0.5, 0.6) is 11.5 Å². The molecular formula is C31H31NO3. The molecular weight excluding hydrogens is 434 g/mol. The molecule has 178 valence electrons. The lowest BCUT2D eigenvalue weighted by molar-refractivity contribution is -0.111. The summed E-state index contributed by atoms with van der Waals surface area (Å²) in [5, 5.41) is 23.0. The van der Waals surface area contributed by atoms with Gasteiger partial charge < -0.3 is 15.5 Å². The van der Waals surface area contributed by atoms with E-state index < -0.39 is 0 Å². The average Bonchev–Trinajstić information content (AvgIpc) is 2.84. The van der Waals surface area contributed by atoms with Crippen LogP contribution in [0.4, 0.5) is 5.69 Å². The monoisotopic (exact) mass is 465 g/mol. The van der Waals surface area contributed by atoms with Gasteiger partial charge in [-0.15, -0.1) is 0 Å². The van der Waals surface area contributed by atoms with Gasteiger partial charge in [0.15, 0.2) is 0 Å². The van der Waals surface area contributed by atoms with Crippen molar-refractivity contribution in [2.45, 2.75) is 43.9 Å². The zero-order chi connectivity index (χ0) is 24.0. The van der Waals surface area contributed by atoms with E-state index in [2.05, 4.69) is 23.5 Å². The molecule has 4 nitrogen and oxygen atoms in total. The maximum atomic E-state index is 12.2. The van der Waals surface area contributed by atoms with Gasteiger partial charge in [-0.3, -0.25) is 4.79 Å². The molecule has 4 saturated carbocycles. The van der Waals surface area contributed by atoms with Gasteiger partial charge >= 0.3 is 0 Å². The molecule has 0 saturated heterocycles. The largest absolute Gasteiger partial charge is 0.508 e. The molecule has 4 bridgehead atoms. The molecule has 3 N–H and O–H groups in total. The van der Waals surface area contributed by atoms with Crippen molar-refractivity contribution in [2.75, 3.05) is 5.32 Å². The Labute approximate surface area is 206 Å². The number of benzene rings is 3. The highest BCUT2D eigenvalue weighted by Gasteiger charge is 2.52. The number of hydrogen-bond acceptors (Lipinski definition) is 3. The van der Waals surface area contributed by atoms with E-state index in [-0.39, 0.29) is 17.1 Å². The van der Waals surface area contributed by atoms with Crippen LogP contribution in [0.2, 0.25) is 0 Å². The number of carbonyl (C=O) groups excluding carboxylic acids is 1. The molecule has 4 heteroatoms. The molecule has 0 atom stereocenters. The molecule has 4 fully saturated rings. The Bertz CT molecular complexity index is 1240. The molecule has 0 heterocycles. The Morgan fingerprint density at radius 3 is 2.03 bits per heavy atom. The van der Waals surface area contributed by atoms with Gasteiger partial charge in [0.05, 0.1) is 0 Å². The predicted octanol–water partition coefficient (Wildman–Crippen LogP) is 6.88. The van der Waals surface area contributed by atoms with E-state index in [1.165, 1.54) is 56.7 Å². The number of carbonyl (C=O) groups is 1. The molecule has 4 aliphatic carbocycles. The number of nitrogens with one attached hydrogen (secondary N) is 1. The molecule has 0 radical (unpaired) electrons. The standard InChI is InChI=1S/C31H31NO3/c33-27-9-7-26(8-10-27)32-30(35)12-3-20-1-4-24(5-2-20)25-6-11-29(34)28(16-25)31-17-21-13-22(18-31)15-23(14-21)19-31/h1-12,16,21-23,33-34H,13-15,17-19H2,(H,32,35)/b12-3+. The number of phenols is 2. The van der Waals surface area contributed by atoms with Crippen molar-refractivity contribution in [3.63, 3.8) is 0 Å². The Morgan fingerprint density at radius 2 is 1.40 bits per heavy atom. The zero-order valence-electron chi connectivity index (χ0n) is 19.8. The van der Waals surface area contributed by atoms with Crippen molar-refractivity contribution in [3.8, 4) is 22.6 Å². The maximum Gasteiger partial charge on any atom is 0.248 e. The third kappa shape index (κ3) is 4.34. The van der Waals surface area contributed by atoms with Gasteiger partial charge in [0.1, 0.15) is 11.5 Å². The van der Waals surface area contributed by atoms with E-state index in [0.717, 1.165) is 40.0 Å². The first-order valence-corrected chi connectivity index (χ1v) is 12.7. The maximum absolute atomic E-state index is 12.2. The topological polar surface area (TPSA) is 69.6 Å². The van der Waals surface area contributed by atoms with Crippen LogP contribution >= 0.6 is 0 Å². The fraction of sp³-hybridized carbons (Fsp3) is 0.323.